The number of nitrogens with one attached hydrogen (secondary N) is 2. The van der Waals surface area contributed by atoms with Gasteiger partial charge >= 0.3 is 6.18 Å². The molecule has 1 aromatic carbocycles. The van der Waals surface area contributed by atoms with Crippen LogP contribution in [0.5, 0.6) is 5.75 Å². The van der Waals surface area contributed by atoms with Gasteiger partial charge in [0.05, 0.1) is 5.56 Å². The molecule has 2 rings (SSSR count). The maximum Gasteiger partial charge on any atom is 0.419 e. The van der Waals surface area contributed by atoms with Crippen LogP contribution in [-0.4, -0.2) is 32.1 Å². The fraction of sp³-hybridized carbons (Fsp3) is 0.462. The Morgan fingerprint density at radius 2 is 2.00 bits per heavy atom. The SMILES string of the molecule is Cl.O=C(COc1ccccc1C(F)(F)F)NCC1CNC1. The van der Waals surface area contributed by atoms with Crippen LogP contribution in [0.3, 0.4) is 0 Å². The average Bonchev–Trinajstić information content (AvgIpc) is 2.34. The highest BCUT2D eigenvalue weighted by atomic mass is 35.5. The molecule has 21 heavy (non-hydrogen) atoms. The first-order valence-corrected chi connectivity index (χ1v) is 6.23. The summed E-state index contributed by atoms with van der Waals surface area (Å²) < 4.78 is 43.0. The molecule has 1 aromatic rings. The lowest BCUT2D eigenvalue weighted by Crippen LogP contribution is -2.48. The molecule has 2 N–H and O–H groups in total. The first kappa shape index (κ1) is 17.6. The second-order valence-corrected chi connectivity index (χ2v) is 4.61. The molecule has 0 atom stereocenters. The summed E-state index contributed by atoms with van der Waals surface area (Å²) in [6.07, 6.45) is -4.50. The van der Waals surface area contributed by atoms with Crippen molar-refractivity contribution in [3.63, 3.8) is 0 Å². The number of benzene rings is 1. The number of hydrogen-bond donors (Lipinski definition) is 2. The summed E-state index contributed by atoms with van der Waals surface area (Å²) in [6.45, 7) is 1.78. The van der Waals surface area contributed by atoms with Crippen LogP contribution in [-0.2, 0) is 11.0 Å². The van der Waals surface area contributed by atoms with Gasteiger partial charge in [0, 0.05) is 25.6 Å². The fourth-order valence-corrected chi connectivity index (χ4v) is 1.77. The molecule has 1 fully saturated rings. The van der Waals surface area contributed by atoms with Crippen LogP contribution in [0.25, 0.3) is 0 Å². The third-order valence-electron chi connectivity index (χ3n) is 3.01. The van der Waals surface area contributed by atoms with Crippen LogP contribution < -0.4 is 15.4 Å². The summed E-state index contributed by atoms with van der Waals surface area (Å²) in [5.41, 5.74) is -0.879. The lowest BCUT2D eigenvalue weighted by Gasteiger charge is -2.27. The standard InChI is InChI=1S/C13H15F3N2O2.ClH/c14-13(15,16)10-3-1-2-4-11(10)20-8-12(19)18-7-9-5-17-6-9;/h1-4,9,17H,5-8H2,(H,18,19);1H. The molecule has 0 radical (unpaired) electrons. The van der Waals surface area contributed by atoms with E-state index in [9.17, 15) is 18.0 Å². The molecule has 8 heteroatoms. The number of para-hydroxylation sites is 1. The van der Waals surface area contributed by atoms with Crippen LogP contribution >= 0.6 is 12.4 Å². The minimum atomic E-state index is -4.50. The van der Waals surface area contributed by atoms with Gasteiger partial charge in [-0.15, -0.1) is 12.4 Å². The molecule has 1 heterocycles. The predicted molar refractivity (Wildman–Crippen MR) is 73.6 cm³/mol. The zero-order valence-electron chi connectivity index (χ0n) is 11.1. The highest BCUT2D eigenvalue weighted by molar-refractivity contribution is 5.85. The maximum atomic E-state index is 12.7. The summed E-state index contributed by atoms with van der Waals surface area (Å²) in [7, 11) is 0. The van der Waals surface area contributed by atoms with Crippen molar-refractivity contribution in [3.05, 3.63) is 29.8 Å². The van der Waals surface area contributed by atoms with E-state index in [0.29, 0.717) is 12.5 Å². The Morgan fingerprint density at radius 3 is 2.57 bits per heavy atom. The normalized spacial score (nSPS) is 14.8. The lowest BCUT2D eigenvalue weighted by atomic mass is 10.0. The number of alkyl halides is 3. The van der Waals surface area contributed by atoms with Crippen LogP contribution in [0.1, 0.15) is 5.56 Å². The monoisotopic (exact) mass is 324 g/mol. The molecule has 0 aromatic heterocycles. The van der Waals surface area contributed by atoms with E-state index in [2.05, 4.69) is 10.6 Å². The largest absolute Gasteiger partial charge is 0.483 e. The summed E-state index contributed by atoms with van der Waals surface area (Å²) >= 11 is 0. The number of halogens is 4. The molecule has 0 aliphatic carbocycles. The van der Waals surface area contributed by atoms with Crippen molar-refractivity contribution in [2.45, 2.75) is 6.18 Å². The minimum absolute atomic E-state index is 0. The van der Waals surface area contributed by atoms with Crippen molar-refractivity contribution in [3.8, 4) is 5.75 Å². The number of carbonyl (C=O) groups is 1. The molecule has 0 saturated carbocycles. The van der Waals surface area contributed by atoms with Gasteiger partial charge in [-0.25, -0.2) is 0 Å². The van der Waals surface area contributed by atoms with Crippen molar-refractivity contribution in [1.29, 1.82) is 0 Å². The van der Waals surface area contributed by atoms with Crippen molar-refractivity contribution in [2.75, 3.05) is 26.2 Å². The van der Waals surface area contributed by atoms with Gasteiger partial charge in [0.1, 0.15) is 5.75 Å². The molecule has 0 unspecified atom stereocenters. The quantitative estimate of drug-likeness (QED) is 0.869. The smallest absolute Gasteiger partial charge is 0.419 e. The van der Waals surface area contributed by atoms with Crippen LogP contribution in [0.2, 0.25) is 0 Å². The van der Waals surface area contributed by atoms with E-state index in [4.69, 9.17) is 4.74 Å². The summed E-state index contributed by atoms with van der Waals surface area (Å²) in [6, 6.07) is 4.83. The van der Waals surface area contributed by atoms with Crippen molar-refractivity contribution in [1.82, 2.24) is 10.6 Å². The lowest BCUT2D eigenvalue weighted by molar-refractivity contribution is -0.139. The van der Waals surface area contributed by atoms with Gasteiger partial charge in [0.25, 0.3) is 5.91 Å². The number of rotatable bonds is 5. The average molecular weight is 325 g/mol. The predicted octanol–water partition coefficient (Wildman–Crippen LogP) is 1.84. The number of ether oxygens (including phenoxy) is 1. The molecular weight excluding hydrogens is 309 g/mol. The van der Waals surface area contributed by atoms with E-state index in [0.717, 1.165) is 19.2 Å². The highest BCUT2D eigenvalue weighted by Gasteiger charge is 2.34. The van der Waals surface area contributed by atoms with E-state index < -0.39 is 24.3 Å². The van der Waals surface area contributed by atoms with Crippen molar-refractivity contribution < 1.29 is 22.7 Å². The molecule has 1 aliphatic heterocycles. The van der Waals surface area contributed by atoms with E-state index in [1.54, 1.807) is 0 Å². The summed E-state index contributed by atoms with van der Waals surface area (Å²) in [5, 5.41) is 5.69. The first-order chi connectivity index (χ1) is 9.47. The first-order valence-electron chi connectivity index (χ1n) is 6.23. The zero-order valence-corrected chi connectivity index (χ0v) is 11.9. The van der Waals surface area contributed by atoms with Crippen LogP contribution in [0.4, 0.5) is 13.2 Å². The molecule has 118 valence electrons. The summed E-state index contributed by atoms with van der Waals surface area (Å²) in [5.74, 6) is -0.365. The number of hydrogen-bond acceptors (Lipinski definition) is 3. The third kappa shape index (κ3) is 5.09. The molecule has 0 bridgehead atoms. The molecule has 1 amide bonds. The number of carbonyl (C=O) groups excluding carboxylic acids is 1. The zero-order chi connectivity index (χ0) is 14.6. The second kappa shape index (κ2) is 7.51. The van der Waals surface area contributed by atoms with E-state index in [-0.39, 0.29) is 18.2 Å². The maximum absolute atomic E-state index is 12.7. The summed E-state index contributed by atoms with van der Waals surface area (Å²) in [4.78, 5) is 11.5. The van der Waals surface area contributed by atoms with Gasteiger partial charge in [0.2, 0.25) is 0 Å². The fourth-order valence-electron chi connectivity index (χ4n) is 1.77. The molecule has 0 spiro atoms. The Balaban J connectivity index is 0.00000220. The minimum Gasteiger partial charge on any atom is -0.483 e. The van der Waals surface area contributed by atoms with Crippen LogP contribution in [0, 0.1) is 5.92 Å². The van der Waals surface area contributed by atoms with Gasteiger partial charge in [-0.05, 0) is 12.1 Å². The van der Waals surface area contributed by atoms with Gasteiger partial charge in [-0.1, -0.05) is 12.1 Å². The topological polar surface area (TPSA) is 50.4 Å². The molecular formula is C13H16ClF3N2O2. The number of amides is 1. The highest BCUT2D eigenvalue weighted by Crippen LogP contribution is 2.35. The van der Waals surface area contributed by atoms with E-state index >= 15 is 0 Å². The van der Waals surface area contributed by atoms with E-state index in [1.165, 1.54) is 18.2 Å². The molecule has 1 aliphatic rings. The Hall–Kier alpha value is -1.47. The Labute approximate surface area is 126 Å². The molecule has 1 saturated heterocycles. The van der Waals surface area contributed by atoms with Gasteiger partial charge in [-0.3, -0.25) is 4.79 Å². The second-order valence-electron chi connectivity index (χ2n) is 4.61. The Morgan fingerprint density at radius 1 is 1.33 bits per heavy atom. The Bertz CT molecular complexity index is 479. The third-order valence-corrected chi connectivity index (χ3v) is 3.01. The molecule has 4 nitrogen and oxygen atoms in total. The van der Waals surface area contributed by atoms with Gasteiger partial charge < -0.3 is 15.4 Å². The van der Waals surface area contributed by atoms with Gasteiger partial charge in [-0.2, -0.15) is 13.2 Å². The van der Waals surface area contributed by atoms with Crippen molar-refractivity contribution >= 4 is 18.3 Å². The van der Waals surface area contributed by atoms with Crippen molar-refractivity contribution in [2.24, 2.45) is 5.92 Å². The van der Waals surface area contributed by atoms with E-state index in [1.807, 2.05) is 0 Å². The van der Waals surface area contributed by atoms with Crippen LogP contribution in [0.15, 0.2) is 24.3 Å². The Kier molecular flexibility index (Phi) is 6.29. The van der Waals surface area contributed by atoms with Gasteiger partial charge in [0.15, 0.2) is 6.61 Å².